The highest BCUT2D eigenvalue weighted by atomic mass is 35.5. The molecule has 7 nitrogen and oxygen atoms in total. The van der Waals surface area contributed by atoms with E-state index in [1.165, 1.54) is 0 Å². The fraction of sp³-hybridized carbons (Fsp3) is 0.267. The molecule has 0 unspecified atom stereocenters. The van der Waals surface area contributed by atoms with E-state index in [4.69, 9.17) is 23.2 Å². The minimum absolute atomic E-state index is 0.0692. The number of carbonyl (C=O) groups is 1. The van der Waals surface area contributed by atoms with Gasteiger partial charge in [-0.1, -0.05) is 23.2 Å². The first-order chi connectivity index (χ1) is 11.5. The second kappa shape index (κ2) is 6.70. The average molecular weight is 367 g/mol. The first-order valence-corrected chi connectivity index (χ1v) is 8.04. The third kappa shape index (κ3) is 3.18. The van der Waals surface area contributed by atoms with E-state index in [0.29, 0.717) is 40.6 Å². The minimum atomic E-state index is -0.0692. The molecule has 2 amide bonds. The number of halogens is 2. The summed E-state index contributed by atoms with van der Waals surface area (Å²) in [6.45, 7) is 1.28. The number of anilines is 4. The number of nitrogens with one attached hydrogen (secondary N) is 2. The molecule has 2 N–H and O–H groups in total. The number of benzene rings is 1. The van der Waals surface area contributed by atoms with Crippen LogP contribution in [0.1, 0.15) is 0 Å². The lowest BCUT2D eigenvalue weighted by atomic mass is 10.3. The van der Waals surface area contributed by atoms with E-state index >= 15 is 0 Å². The first-order valence-electron chi connectivity index (χ1n) is 7.29. The molecule has 0 saturated carbocycles. The van der Waals surface area contributed by atoms with Crippen molar-refractivity contribution < 1.29 is 4.79 Å². The smallest absolute Gasteiger partial charge is 0.324 e. The molecule has 2 aromatic rings. The predicted molar refractivity (Wildman–Crippen MR) is 96.7 cm³/mol. The van der Waals surface area contributed by atoms with Crippen molar-refractivity contribution in [2.75, 3.05) is 42.7 Å². The Morgan fingerprint density at radius 2 is 2.00 bits per heavy atom. The van der Waals surface area contributed by atoms with Crippen LogP contribution < -0.4 is 15.5 Å². The van der Waals surface area contributed by atoms with Gasteiger partial charge in [-0.2, -0.15) is 4.98 Å². The molecule has 0 atom stereocenters. The molecule has 9 heteroatoms. The van der Waals surface area contributed by atoms with Crippen molar-refractivity contribution >= 4 is 52.4 Å². The largest absolute Gasteiger partial charge is 0.371 e. The quantitative estimate of drug-likeness (QED) is 0.866. The number of hydrogen-bond acceptors (Lipinski definition) is 5. The number of carbonyl (C=O) groups excluding carboxylic acids is 1. The van der Waals surface area contributed by atoms with Crippen LogP contribution in [0.5, 0.6) is 0 Å². The van der Waals surface area contributed by atoms with Gasteiger partial charge in [0.05, 0.1) is 16.2 Å². The predicted octanol–water partition coefficient (Wildman–Crippen LogP) is 3.44. The Morgan fingerprint density at radius 1 is 1.21 bits per heavy atom. The number of rotatable bonds is 4. The maximum absolute atomic E-state index is 12.1. The van der Waals surface area contributed by atoms with Crippen molar-refractivity contribution in [2.24, 2.45) is 0 Å². The number of hydrogen-bond donors (Lipinski definition) is 2. The van der Waals surface area contributed by atoms with Crippen LogP contribution in [-0.2, 0) is 0 Å². The van der Waals surface area contributed by atoms with E-state index in [1.54, 1.807) is 48.3 Å². The van der Waals surface area contributed by atoms with Crippen LogP contribution >= 0.6 is 23.2 Å². The van der Waals surface area contributed by atoms with Gasteiger partial charge in [0.15, 0.2) is 5.82 Å². The normalized spacial score (nSPS) is 14.2. The zero-order chi connectivity index (χ0) is 17.3. The van der Waals surface area contributed by atoms with Gasteiger partial charge in [-0.05, 0) is 18.2 Å². The van der Waals surface area contributed by atoms with E-state index in [-0.39, 0.29) is 6.03 Å². The SMILES string of the molecule is CNc1nc(Nc2ccc(Cl)c(Cl)c2)ncc1N1CCN(C)C1=O. The molecule has 3 rings (SSSR count). The van der Waals surface area contributed by atoms with E-state index in [2.05, 4.69) is 20.6 Å². The second-order valence-electron chi connectivity index (χ2n) is 5.29. The zero-order valence-corrected chi connectivity index (χ0v) is 14.7. The summed E-state index contributed by atoms with van der Waals surface area (Å²) in [5.74, 6) is 0.956. The van der Waals surface area contributed by atoms with Gasteiger partial charge in [0, 0.05) is 32.9 Å². The van der Waals surface area contributed by atoms with E-state index < -0.39 is 0 Å². The molecule has 1 aliphatic rings. The zero-order valence-electron chi connectivity index (χ0n) is 13.2. The number of amides is 2. The first kappa shape index (κ1) is 16.6. The molecule has 24 heavy (non-hydrogen) atoms. The Hall–Kier alpha value is -2.25. The molecule has 1 aromatic carbocycles. The lowest BCUT2D eigenvalue weighted by Gasteiger charge is -2.19. The van der Waals surface area contributed by atoms with Crippen LogP contribution in [0.25, 0.3) is 0 Å². The Bertz CT molecular complexity index is 785. The molecular formula is C15H16Cl2N6O. The highest BCUT2D eigenvalue weighted by Crippen LogP contribution is 2.29. The Kier molecular flexibility index (Phi) is 4.64. The summed E-state index contributed by atoms with van der Waals surface area (Å²) in [7, 11) is 3.52. The highest BCUT2D eigenvalue weighted by Gasteiger charge is 2.29. The van der Waals surface area contributed by atoms with E-state index in [0.717, 1.165) is 5.69 Å². The second-order valence-corrected chi connectivity index (χ2v) is 6.10. The molecule has 2 heterocycles. The van der Waals surface area contributed by atoms with E-state index in [9.17, 15) is 4.79 Å². The molecular weight excluding hydrogens is 351 g/mol. The number of likely N-dealkylation sites (N-methyl/N-ethyl adjacent to an activating group) is 1. The van der Waals surface area contributed by atoms with Gasteiger partial charge >= 0.3 is 6.03 Å². The monoisotopic (exact) mass is 366 g/mol. The third-order valence-corrected chi connectivity index (χ3v) is 4.43. The van der Waals surface area contributed by atoms with E-state index in [1.807, 2.05) is 0 Å². The van der Waals surface area contributed by atoms with Crippen LogP contribution in [0.15, 0.2) is 24.4 Å². The van der Waals surface area contributed by atoms with Gasteiger partial charge in [-0.25, -0.2) is 9.78 Å². The third-order valence-electron chi connectivity index (χ3n) is 3.69. The van der Waals surface area contributed by atoms with Crippen LogP contribution in [0.3, 0.4) is 0 Å². The lowest BCUT2D eigenvalue weighted by molar-refractivity contribution is 0.229. The average Bonchev–Trinajstić information content (AvgIpc) is 2.90. The van der Waals surface area contributed by atoms with Gasteiger partial charge in [0.2, 0.25) is 5.95 Å². The molecule has 1 aromatic heterocycles. The molecule has 0 aliphatic carbocycles. The van der Waals surface area contributed by atoms with Crippen molar-refractivity contribution in [1.29, 1.82) is 0 Å². The van der Waals surface area contributed by atoms with Crippen molar-refractivity contribution in [1.82, 2.24) is 14.9 Å². The van der Waals surface area contributed by atoms with Gasteiger partial charge in [-0.15, -0.1) is 0 Å². The topological polar surface area (TPSA) is 73.4 Å². The standard InChI is InChI=1S/C15H16Cl2N6O/c1-18-13-12(23-6-5-22(2)15(23)24)8-19-14(21-13)20-9-3-4-10(16)11(17)7-9/h3-4,7-8H,5-6H2,1-2H3,(H2,18,19,20,21). The number of aromatic nitrogens is 2. The summed E-state index contributed by atoms with van der Waals surface area (Å²) in [5.41, 5.74) is 1.36. The number of nitrogens with zero attached hydrogens (tertiary/aromatic N) is 4. The molecule has 0 radical (unpaired) electrons. The van der Waals surface area contributed by atoms with Gasteiger partial charge in [0.1, 0.15) is 5.69 Å². The van der Waals surface area contributed by atoms with Crippen LogP contribution in [0.4, 0.5) is 27.9 Å². The summed E-state index contributed by atoms with van der Waals surface area (Å²) in [6, 6.07) is 5.10. The van der Waals surface area contributed by atoms with Crippen molar-refractivity contribution in [3.8, 4) is 0 Å². The fourth-order valence-electron chi connectivity index (χ4n) is 2.39. The molecule has 126 valence electrons. The molecule has 1 aliphatic heterocycles. The van der Waals surface area contributed by atoms with Gasteiger partial charge < -0.3 is 15.5 Å². The van der Waals surface area contributed by atoms with Crippen molar-refractivity contribution in [3.05, 3.63) is 34.4 Å². The Balaban J connectivity index is 1.86. The summed E-state index contributed by atoms with van der Waals surface area (Å²) in [6.07, 6.45) is 1.62. The lowest BCUT2D eigenvalue weighted by Crippen LogP contribution is -2.30. The summed E-state index contributed by atoms with van der Waals surface area (Å²) in [4.78, 5) is 24.2. The number of urea groups is 1. The van der Waals surface area contributed by atoms with Crippen LogP contribution in [0.2, 0.25) is 10.0 Å². The Morgan fingerprint density at radius 3 is 2.62 bits per heavy atom. The van der Waals surface area contributed by atoms with Crippen molar-refractivity contribution in [2.45, 2.75) is 0 Å². The summed E-state index contributed by atoms with van der Waals surface area (Å²) in [5, 5.41) is 6.99. The molecule has 0 spiro atoms. The highest BCUT2D eigenvalue weighted by molar-refractivity contribution is 6.42. The van der Waals surface area contributed by atoms with Crippen LogP contribution in [-0.4, -0.2) is 48.1 Å². The van der Waals surface area contributed by atoms with Gasteiger partial charge in [0.25, 0.3) is 0 Å². The van der Waals surface area contributed by atoms with Crippen molar-refractivity contribution in [3.63, 3.8) is 0 Å². The maximum Gasteiger partial charge on any atom is 0.324 e. The summed E-state index contributed by atoms with van der Waals surface area (Å²) < 4.78 is 0. The minimum Gasteiger partial charge on any atom is -0.371 e. The molecule has 0 bridgehead atoms. The van der Waals surface area contributed by atoms with Gasteiger partial charge in [-0.3, -0.25) is 4.90 Å². The van der Waals surface area contributed by atoms with Crippen LogP contribution in [0, 0.1) is 0 Å². The maximum atomic E-state index is 12.1. The Labute approximate surface area is 149 Å². The fourth-order valence-corrected chi connectivity index (χ4v) is 2.69. The summed E-state index contributed by atoms with van der Waals surface area (Å²) >= 11 is 11.9. The molecule has 1 fully saturated rings. The molecule has 1 saturated heterocycles.